The van der Waals surface area contributed by atoms with Gasteiger partial charge in [0.25, 0.3) is 0 Å². The summed E-state index contributed by atoms with van der Waals surface area (Å²) in [5.41, 5.74) is 2.10. The van der Waals surface area contributed by atoms with Gasteiger partial charge in [-0.25, -0.2) is 5.06 Å². The second-order valence-corrected chi connectivity index (χ2v) is 2.82. The first-order valence-corrected chi connectivity index (χ1v) is 3.92. The number of anilines is 1. The average Bonchev–Trinajstić information content (AvgIpc) is 2.40. The minimum atomic E-state index is -0.535. The maximum atomic E-state index is 9.51. The fourth-order valence-corrected chi connectivity index (χ4v) is 1.56. The van der Waals surface area contributed by atoms with E-state index in [0.29, 0.717) is 6.42 Å². The standard InChI is InChI=1S/C9H11NO2/c1-12-10-8-5-3-2-4-7(8)6-9(10)11/h2-5,9,11H,6H2,1H3/t9-/m1/s1. The molecule has 0 aromatic heterocycles. The molecule has 1 aliphatic rings. The molecule has 12 heavy (non-hydrogen) atoms. The highest BCUT2D eigenvalue weighted by atomic mass is 16.7. The number of hydrogen-bond acceptors (Lipinski definition) is 3. The molecule has 1 heterocycles. The van der Waals surface area contributed by atoms with Crippen LogP contribution < -0.4 is 5.06 Å². The minimum Gasteiger partial charge on any atom is -0.371 e. The minimum absolute atomic E-state index is 0.535. The number of aliphatic hydroxyl groups is 1. The van der Waals surface area contributed by atoms with Crippen molar-refractivity contribution >= 4 is 5.69 Å². The highest BCUT2D eigenvalue weighted by Gasteiger charge is 2.26. The number of hydroxylamine groups is 1. The predicted octanol–water partition coefficient (Wildman–Crippen LogP) is 0.929. The van der Waals surface area contributed by atoms with E-state index in [9.17, 15) is 5.11 Å². The molecule has 0 amide bonds. The van der Waals surface area contributed by atoms with E-state index in [2.05, 4.69) is 0 Å². The average molecular weight is 165 g/mol. The van der Waals surface area contributed by atoms with Gasteiger partial charge in [0.2, 0.25) is 0 Å². The van der Waals surface area contributed by atoms with Crippen molar-refractivity contribution in [3.8, 4) is 0 Å². The van der Waals surface area contributed by atoms with Gasteiger partial charge in [-0.1, -0.05) is 18.2 Å². The third-order valence-electron chi connectivity index (χ3n) is 2.10. The van der Waals surface area contributed by atoms with Crippen LogP contribution in [0.4, 0.5) is 5.69 Å². The largest absolute Gasteiger partial charge is 0.371 e. The molecule has 1 aromatic rings. The molecule has 0 aliphatic carbocycles. The molecule has 3 heteroatoms. The van der Waals surface area contributed by atoms with Crippen LogP contribution in [-0.2, 0) is 11.3 Å². The molecule has 0 saturated heterocycles. The fraction of sp³-hybridized carbons (Fsp3) is 0.333. The smallest absolute Gasteiger partial charge is 0.155 e. The highest BCUT2D eigenvalue weighted by molar-refractivity contribution is 5.56. The zero-order chi connectivity index (χ0) is 8.55. The molecule has 64 valence electrons. The lowest BCUT2D eigenvalue weighted by atomic mass is 10.2. The summed E-state index contributed by atoms with van der Waals surface area (Å²) >= 11 is 0. The van der Waals surface area contributed by atoms with Gasteiger partial charge in [0, 0.05) is 6.42 Å². The Morgan fingerprint density at radius 2 is 2.25 bits per heavy atom. The first-order chi connectivity index (χ1) is 5.83. The summed E-state index contributed by atoms with van der Waals surface area (Å²) in [6.45, 7) is 0. The van der Waals surface area contributed by atoms with Crippen LogP contribution in [0, 0.1) is 0 Å². The lowest BCUT2D eigenvalue weighted by Crippen LogP contribution is -2.30. The molecule has 0 saturated carbocycles. The maximum absolute atomic E-state index is 9.51. The van der Waals surface area contributed by atoms with Crippen LogP contribution in [0.15, 0.2) is 24.3 Å². The molecule has 0 spiro atoms. The Labute approximate surface area is 71.1 Å². The molecule has 1 atom stereocenters. The van der Waals surface area contributed by atoms with E-state index < -0.39 is 6.23 Å². The molecule has 0 fully saturated rings. The number of aliphatic hydroxyl groups excluding tert-OH is 1. The van der Waals surface area contributed by atoms with Gasteiger partial charge in [-0.3, -0.25) is 4.84 Å². The van der Waals surface area contributed by atoms with Gasteiger partial charge in [0.15, 0.2) is 6.23 Å². The maximum Gasteiger partial charge on any atom is 0.155 e. The summed E-state index contributed by atoms with van der Waals surface area (Å²) in [6, 6.07) is 7.83. The summed E-state index contributed by atoms with van der Waals surface area (Å²) in [7, 11) is 1.56. The van der Waals surface area contributed by atoms with Crippen molar-refractivity contribution in [3.63, 3.8) is 0 Å². The molecular weight excluding hydrogens is 154 g/mol. The second-order valence-electron chi connectivity index (χ2n) is 2.82. The summed E-state index contributed by atoms with van der Waals surface area (Å²) < 4.78 is 0. The van der Waals surface area contributed by atoms with E-state index in [-0.39, 0.29) is 0 Å². The van der Waals surface area contributed by atoms with Crippen molar-refractivity contribution in [2.45, 2.75) is 12.6 Å². The third kappa shape index (κ3) is 0.983. The van der Waals surface area contributed by atoms with E-state index in [1.807, 2.05) is 24.3 Å². The van der Waals surface area contributed by atoms with Crippen LogP contribution >= 0.6 is 0 Å². The van der Waals surface area contributed by atoms with E-state index in [4.69, 9.17) is 4.84 Å². The van der Waals surface area contributed by atoms with Crippen molar-refractivity contribution in [1.29, 1.82) is 0 Å². The van der Waals surface area contributed by atoms with Gasteiger partial charge in [0.05, 0.1) is 12.8 Å². The van der Waals surface area contributed by atoms with Crippen LogP contribution in [0.5, 0.6) is 0 Å². The Kier molecular flexibility index (Phi) is 1.75. The van der Waals surface area contributed by atoms with Gasteiger partial charge in [0.1, 0.15) is 0 Å². The first-order valence-electron chi connectivity index (χ1n) is 3.92. The van der Waals surface area contributed by atoms with Gasteiger partial charge < -0.3 is 5.11 Å². The lowest BCUT2D eigenvalue weighted by Gasteiger charge is -2.19. The van der Waals surface area contributed by atoms with Crippen molar-refractivity contribution < 1.29 is 9.94 Å². The van der Waals surface area contributed by atoms with Gasteiger partial charge in [-0.2, -0.15) is 0 Å². The lowest BCUT2D eigenvalue weighted by molar-refractivity contribution is 0.0453. The van der Waals surface area contributed by atoms with Gasteiger partial charge in [-0.15, -0.1) is 0 Å². The van der Waals surface area contributed by atoms with E-state index in [0.717, 1.165) is 11.3 Å². The number of para-hydroxylation sites is 1. The van der Waals surface area contributed by atoms with E-state index in [1.54, 1.807) is 7.11 Å². The molecule has 1 N–H and O–H groups in total. The topological polar surface area (TPSA) is 32.7 Å². The number of fused-ring (bicyclic) bond motifs is 1. The van der Waals surface area contributed by atoms with Crippen LogP contribution in [0.2, 0.25) is 0 Å². The summed E-state index contributed by atoms with van der Waals surface area (Å²) in [5, 5.41) is 11.0. The molecular formula is C9H11NO2. The molecule has 2 rings (SSSR count). The zero-order valence-electron chi connectivity index (χ0n) is 6.90. The third-order valence-corrected chi connectivity index (χ3v) is 2.10. The summed E-state index contributed by atoms with van der Waals surface area (Å²) in [5.74, 6) is 0. The Hall–Kier alpha value is -1.06. The molecule has 0 radical (unpaired) electrons. The quantitative estimate of drug-likeness (QED) is 0.672. The van der Waals surface area contributed by atoms with Crippen LogP contribution in [-0.4, -0.2) is 18.4 Å². The number of nitrogens with zero attached hydrogens (tertiary/aromatic N) is 1. The fourth-order valence-electron chi connectivity index (χ4n) is 1.56. The summed E-state index contributed by atoms with van der Waals surface area (Å²) in [4.78, 5) is 5.03. The Bertz CT molecular complexity index is 288. The normalized spacial score (nSPS) is 21.2. The van der Waals surface area contributed by atoms with Crippen LogP contribution in [0.1, 0.15) is 5.56 Å². The monoisotopic (exact) mass is 165 g/mol. The number of benzene rings is 1. The number of rotatable bonds is 1. The van der Waals surface area contributed by atoms with Gasteiger partial charge >= 0.3 is 0 Å². The molecule has 1 aliphatic heterocycles. The predicted molar refractivity (Wildman–Crippen MR) is 45.6 cm³/mol. The molecule has 0 bridgehead atoms. The van der Waals surface area contributed by atoms with Crippen molar-refractivity contribution in [2.75, 3.05) is 12.2 Å². The van der Waals surface area contributed by atoms with E-state index >= 15 is 0 Å². The highest BCUT2D eigenvalue weighted by Crippen LogP contribution is 2.30. The SMILES string of the molecule is CON1c2ccccc2C[C@H]1O. The van der Waals surface area contributed by atoms with Gasteiger partial charge in [-0.05, 0) is 11.6 Å². The van der Waals surface area contributed by atoms with E-state index in [1.165, 1.54) is 5.06 Å². The summed E-state index contributed by atoms with van der Waals surface area (Å²) in [6.07, 6.45) is 0.108. The molecule has 0 unspecified atom stereocenters. The molecule has 1 aromatic carbocycles. The van der Waals surface area contributed by atoms with Crippen molar-refractivity contribution in [1.82, 2.24) is 0 Å². The Morgan fingerprint density at radius 1 is 1.50 bits per heavy atom. The Balaban J connectivity index is 2.40. The van der Waals surface area contributed by atoms with Crippen molar-refractivity contribution in [2.24, 2.45) is 0 Å². The zero-order valence-corrected chi connectivity index (χ0v) is 6.90. The Morgan fingerprint density at radius 3 is 3.00 bits per heavy atom. The number of hydrogen-bond donors (Lipinski definition) is 1. The van der Waals surface area contributed by atoms with Crippen LogP contribution in [0.25, 0.3) is 0 Å². The first kappa shape index (κ1) is 7.58. The second kappa shape index (κ2) is 2.77. The van der Waals surface area contributed by atoms with Crippen molar-refractivity contribution in [3.05, 3.63) is 29.8 Å². The van der Waals surface area contributed by atoms with Crippen LogP contribution in [0.3, 0.4) is 0 Å². The molecule has 3 nitrogen and oxygen atoms in total.